The molecule has 0 aliphatic rings. The maximum atomic E-state index is 5.81. The van der Waals surface area contributed by atoms with Gasteiger partial charge >= 0.3 is 0 Å². The number of hydrogen-bond donors (Lipinski definition) is 0. The minimum Gasteiger partial charge on any atom is -0.493 e. The third kappa shape index (κ3) is 1.99. The molecular formula is C15H15NO3. The summed E-state index contributed by atoms with van der Waals surface area (Å²) in [5.74, 6) is 2.32. The third-order valence-electron chi connectivity index (χ3n) is 3.20. The highest BCUT2D eigenvalue weighted by Gasteiger charge is 2.16. The van der Waals surface area contributed by atoms with E-state index in [1.54, 1.807) is 13.4 Å². The number of hydrogen-bond acceptors (Lipinski definition) is 4. The fourth-order valence-corrected chi connectivity index (χ4v) is 2.28. The molecule has 3 rings (SSSR count). The number of nitrogens with zero attached hydrogens (tertiary/aromatic N) is 1. The summed E-state index contributed by atoms with van der Waals surface area (Å²) in [7, 11) is 1.64. The summed E-state index contributed by atoms with van der Waals surface area (Å²) in [6.45, 7) is 3.86. The second kappa shape index (κ2) is 4.46. The first-order valence-corrected chi connectivity index (χ1v) is 6.15. The maximum absolute atomic E-state index is 5.81. The lowest BCUT2D eigenvalue weighted by Crippen LogP contribution is -1.90. The molecule has 0 radical (unpaired) electrons. The van der Waals surface area contributed by atoms with E-state index in [9.17, 15) is 0 Å². The molecule has 19 heavy (non-hydrogen) atoms. The molecule has 1 aromatic carbocycles. The first-order chi connectivity index (χ1) is 9.19. The van der Waals surface area contributed by atoms with Gasteiger partial charge < -0.3 is 13.6 Å². The molecule has 3 aromatic rings. The fraction of sp³-hybridized carbons (Fsp3) is 0.267. The number of methoxy groups -OCH3 is 1. The standard InChI is InChI=1S/C15H15NO3/c1-9-8-18-14(16-9)7-12-10(2)19-15-11(12)5-4-6-13(15)17-3/h4-6,8H,7H2,1-3H3. The van der Waals surface area contributed by atoms with Crippen LogP contribution in [-0.4, -0.2) is 12.1 Å². The largest absolute Gasteiger partial charge is 0.493 e. The quantitative estimate of drug-likeness (QED) is 0.718. The van der Waals surface area contributed by atoms with Crippen LogP contribution in [0.3, 0.4) is 0 Å². The number of rotatable bonds is 3. The van der Waals surface area contributed by atoms with E-state index < -0.39 is 0 Å². The molecule has 4 heteroatoms. The lowest BCUT2D eigenvalue weighted by molar-refractivity contribution is 0.408. The van der Waals surface area contributed by atoms with Crippen LogP contribution in [0.1, 0.15) is 22.9 Å². The van der Waals surface area contributed by atoms with Crippen molar-refractivity contribution in [2.24, 2.45) is 0 Å². The van der Waals surface area contributed by atoms with E-state index in [0.717, 1.165) is 33.7 Å². The van der Waals surface area contributed by atoms with Crippen molar-refractivity contribution in [2.75, 3.05) is 7.11 Å². The molecule has 4 nitrogen and oxygen atoms in total. The SMILES string of the molecule is COc1cccc2c(Cc3nc(C)co3)c(C)oc12. The van der Waals surface area contributed by atoms with Gasteiger partial charge in [0, 0.05) is 10.9 Å². The molecule has 0 bridgehead atoms. The monoisotopic (exact) mass is 257 g/mol. The number of fused-ring (bicyclic) bond motifs is 1. The highest BCUT2D eigenvalue weighted by atomic mass is 16.5. The number of aryl methyl sites for hydroxylation is 2. The summed E-state index contributed by atoms with van der Waals surface area (Å²) in [5, 5.41) is 1.05. The van der Waals surface area contributed by atoms with E-state index in [0.29, 0.717) is 12.3 Å². The van der Waals surface area contributed by atoms with E-state index in [1.807, 2.05) is 32.0 Å². The molecule has 0 fully saturated rings. The summed E-state index contributed by atoms with van der Waals surface area (Å²) in [4.78, 5) is 4.34. The van der Waals surface area contributed by atoms with Gasteiger partial charge in [-0.1, -0.05) is 12.1 Å². The molecule has 98 valence electrons. The van der Waals surface area contributed by atoms with Gasteiger partial charge in [0.05, 0.1) is 19.2 Å². The molecule has 2 aromatic heterocycles. The fourth-order valence-electron chi connectivity index (χ4n) is 2.28. The number of benzene rings is 1. The lowest BCUT2D eigenvalue weighted by Gasteiger charge is -1.99. The minimum absolute atomic E-state index is 0.625. The average molecular weight is 257 g/mol. The smallest absolute Gasteiger partial charge is 0.198 e. The number of aromatic nitrogens is 1. The Labute approximate surface area is 111 Å². The van der Waals surface area contributed by atoms with Crippen LogP contribution in [0.15, 0.2) is 33.3 Å². The minimum atomic E-state index is 0.625. The molecule has 0 saturated carbocycles. The van der Waals surface area contributed by atoms with Crippen LogP contribution in [0.4, 0.5) is 0 Å². The van der Waals surface area contributed by atoms with Gasteiger partial charge in [-0.15, -0.1) is 0 Å². The molecule has 0 saturated heterocycles. The molecule has 0 unspecified atom stereocenters. The van der Waals surface area contributed by atoms with Crippen molar-refractivity contribution in [3.8, 4) is 5.75 Å². The van der Waals surface area contributed by atoms with Gasteiger partial charge in [0.2, 0.25) is 0 Å². The number of ether oxygens (including phenoxy) is 1. The summed E-state index contributed by atoms with van der Waals surface area (Å²) < 4.78 is 16.5. The van der Waals surface area contributed by atoms with E-state index in [1.165, 1.54) is 0 Å². The average Bonchev–Trinajstić information content (AvgIpc) is 2.94. The van der Waals surface area contributed by atoms with Gasteiger partial charge in [-0.25, -0.2) is 4.98 Å². The van der Waals surface area contributed by atoms with Crippen molar-refractivity contribution in [3.63, 3.8) is 0 Å². The van der Waals surface area contributed by atoms with Gasteiger partial charge in [-0.2, -0.15) is 0 Å². The van der Waals surface area contributed by atoms with E-state index in [2.05, 4.69) is 4.98 Å². The van der Waals surface area contributed by atoms with E-state index in [4.69, 9.17) is 13.6 Å². The Bertz CT molecular complexity index is 724. The number of oxazole rings is 1. The predicted octanol–water partition coefficient (Wildman–Crippen LogP) is 3.64. The number of furan rings is 1. The first kappa shape index (κ1) is 11.8. The Kier molecular flexibility index (Phi) is 2.78. The molecule has 0 atom stereocenters. The first-order valence-electron chi connectivity index (χ1n) is 6.15. The van der Waals surface area contributed by atoms with Crippen LogP contribution in [-0.2, 0) is 6.42 Å². The van der Waals surface area contributed by atoms with Crippen molar-refractivity contribution < 1.29 is 13.6 Å². The Morgan fingerprint density at radius 2 is 2.11 bits per heavy atom. The van der Waals surface area contributed by atoms with Gasteiger partial charge in [0.15, 0.2) is 17.2 Å². The maximum Gasteiger partial charge on any atom is 0.198 e. The molecule has 0 spiro atoms. The van der Waals surface area contributed by atoms with Crippen LogP contribution >= 0.6 is 0 Å². The van der Waals surface area contributed by atoms with Crippen molar-refractivity contribution >= 4 is 11.0 Å². The molecule has 0 aliphatic carbocycles. The zero-order valence-corrected chi connectivity index (χ0v) is 11.2. The second-order valence-electron chi connectivity index (χ2n) is 4.53. The van der Waals surface area contributed by atoms with Gasteiger partial charge in [0.25, 0.3) is 0 Å². The van der Waals surface area contributed by atoms with Crippen molar-refractivity contribution in [3.05, 3.63) is 47.4 Å². The molecule has 2 heterocycles. The zero-order chi connectivity index (χ0) is 13.4. The van der Waals surface area contributed by atoms with Gasteiger partial charge in [0.1, 0.15) is 12.0 Å². The Morgan fingerprint density at radius 1 is 1.26 bits per heavy atom. The molecule has 0 amide bonds. The predicted molar refractivity (Wildman–Crippen MR) is 71.5 cm³/mol. The van der Waals surface area contributed by atoms with E-state index in [-0.39, 0.29) is 0 Å². The molecule has 0 N–H and O–H groups in total. The van der Waals surface area contributed by atoms with Crippen LogP contribution < -0.4 is 4.74 Å². The van der Waals surface area contributed by atoms with Crippen molar-refractivity contribution in [2.45, 2.75) is 20.3 Å². The van der Waals surface area contributed by atoms with Crippen molar-refractivity contribution in [1.29, 1.82) is 0 Å². The van der Waals surface area contributed by atoms with Crippen LogP contribution in [0, 0.1) is 13.8 Å². The van der Waals surface area contributed by atoms with Crippen molar-refractivity contribution in [1.82, 2.24) is 4.98 Å². The van der Waals surface area contributed by atoms with Crippen LogP contribution in [0.5, 0.6) is 5.75 Å². The Morgan fingerprint density at radius 3 is 2.79 bits per heavy atom. The summed E-state index contributed by atoms with van der Waals surface area (Å²) in [5.41, 5.74) is 2.76. The van der Waals surface area contributed by atoms with Crippen LogP contribution in [0.2, 0.25) is 0 Å². The summed E-state index contributed by atoms with van der Waals surface area (Å²) in [6, 6.07) is 5.88. The lowest BCUT2D eigenvalue weighted by atomic mass is 10.1. The third-order valence-corrected chi connectivity index (χ3v) is 3.20. The van der Waals surface area contributed by atoms with Crippen LogP contribution in [0.25, 0.3) is 11.0 Å². The van der Waals surface area contributed by atoms with Gasteiger partial charge in [-0.3, -0.25) is 0 Å². The van der Waals surface area contributed by atoms with Gasteiger partial charge in [-0.05, 0) is 19.9 Å². The zero-order valence-electron chi connectivity index (χ0n) is 11.2. The highest BCUT2D eigenvalue weighted by molar-refractivity contribution is 5.87. The second-order valence-corrected chi connectivity index (χ2v) is 4.53. The van der Waals surface area contributed by atoms with E-state index >= 15 is 0 Å². The summed E-state index contributed by atoms with van der Waals surface area (Å²) in [6.07, 6.45) is 2.29. The Hall–Kier alpha value is -2.23. The topological polar surface area (TPSA) is 48.4 Å². The Balaban J connectivity index is 2.10. The molecular weight excluding hydrogens is 242 g/mol. The number of para-hydroxylation sites is 1. The highest BCUT2D eigenvalue weighted by Crippen LogP contribution is 2.33. The normalized spacial score (nSPS) is 11.1. The summed E-state index contributed by atoms with van der Waals surface area (Å²) >= 11 is 0. The molecule has 0 aliphatic heterocycles.